The summed E-state index contributed by atoms with van der Waals surface area (Å²) in [6.07, 6.45) is 2.80. The quantitative estimate of drug-likeness (QED) is 0.852. The average molecular weight is 291 g/mol. The summed E-state index contributed by atoms with van der Waals surface area (Å²) >= 11 is 0. The highest BCUT2D eigenvalue weighted by Gasteiger charge is 2.35. The van der Waals surface area contributed by atoms with Gasteiger partial charge in [0.1, 0.15) is 17.5 Å². The number of hydrogen-bond acceptors (Lipinski definition) is 6. The van der Waals surface area contributed by atoms with Crippen LogP contribution in [0.3, 0.4) is 0 Å². The van der Waals surface area contributed by atoms with Gasteiger partial charge in [-0.15, -0.1) is 0 Å². The SMILES string of the molecule is Cc1c(N)nc(C2CC2)nc1N1CC(O)CC1CN(C)C. The molecule has 21 heavy (non-hydrogen) atoms. The summed E-state index contributed by atoms with van der Waals surface area (Å²) in [6.45, 7) is 3.50. The predicted molar refractivity (Wildman–Crippen MR) is 83.5 cm³/mol. The van der Waals surface area contributed by atoms with E-state index in [9.17, 15) is 5.11 Å². The summed E-state index contributed by atoms with van der Waals surface area (Å²) in [5, 5.41) is 10.1. The molecule has 6 heteroatoms. The normalized spacial score (nSPS) is 25.9. The number of nitrogens with zero attached hydrogens (tertiary/aromatic N) is 4. The van der Waals surface area contributed by atoms with Gasteiger partial charge in [0.15, 0.2) is 0 Å². The Morgan fingerprint density at radius 1 is 1.33 bits per heavy atom. The number of hydrogen-bond donors (Lipinski definition) is 2. The standard InChI is InChI=1S/C15H25N5O/c1-9-13(16)17-14(10-4-5-10)18-15(9)20-8-12(21)6-11(20)7-19(2)3/h10-12,21H,4-8H2,1-3H3,(H2,16,17,18). The van der Waals surface area contributed by atoms with E-state index in [1.807, 2.05) is 6.92 Å². The number of nitrogens with two attached hydrogens (primary N) is 1. The number of anilines is 2. The molecule has 2 aliphatic rings. The van der Waals surface area contributed by atoms with E-state index in [0.29, 0.717) is 18.3 Å². The Balaban J connectivity index is 1.93. The molecule has 1 saturated carbocycles. The molecular weight excluding hydrogens is 266 g/mol. The Kier molecular flexibility index (Phi) is 3.75. The van der Waals surface area contributed by atoms with Crippen molar-refractivity contribution in [2.75, 3.05) is 37.8 Å². The van der Waals surface area contributed by atoms with E-state index in [-0.39, 0.29) is 12.1 Å². The number of likely N-dealkylation sites (N-methyl/N-ethyl adjacent to an activating group) is 1. The maximum absolute atomic E-state index is 10.1. The van der Waals surface area contributed by atoms with Crippen molar-refractivity contribution in [2.24, 2.45) is 0 Å². The van der Waals surface area contributed by atoms with Gasteiger partial charge in [-0.05, 0) is 40.3 Å². The van der Waals surface area contributed by atoms with E-state index in [2.05, 4.69) is 28.9 Å². The number of aliphatic hydroxyl groups is 1. The third kappa shape index (κ3) is 2.96. The second-order valence-corrected chi connectivity index (χ2v) is 6.65. The Bertz CT molecular complexity index is 529. The van der Waals surface area contributed by atoms with Gasteiger partial charge in [-0.25, -0.2) is 9.97 Å². The van der Waals surface area contributed by atoms with Crippen LogP contribution < -0.4 is 10.6 Å². The van der Waals surface area contributed by atoms with E-state index >= 15 is 0 Å². The van der Waals surface area contributed by atoms with E-state index in [0.717, 1.165) is 43.0 Å². The van der Waals surface area contributed by atoms with Gasteiger partial charge < -0.3 is 20.6 Å². The fourth-order valence-corrected chi connectivity index (χ4v) is 3.09. The minimum Gasteiger partial charge on any atom is -0.391 e. The molecule has 2 fully saturated rings. The van der Waals surface area contributed by atoms with Gasteiger partial charge >= 0.3 is 0 Å². The lowest BCUT2D eigenvalue weighted by Gasteiger charge is -2.29. The van der Waals surface area contributed by atoms with Crippen LogP contribution in [0.15, 0.2) is 0 Å². The maximum Gasteiger partial charge on any atom is 0.137 e. The molecule has 2 atom stereocenters. The summed E-state index contributed by atoms with van der Waals surface area (Å²) in [4.78, 5) is 13.6. The monoisotopic (exact) mass is 291 g/mol. The van der Waals surface area contributed by atoms with E-state index < -0.39 is 0 Å². The van der Waals surface area contributed by atoms with Gasteiger partial charge in [0.25, 0.3) is 0 Å². The smallest absolute Gasteiger partial charge is 0.137 e. The molecule has 1 saturated heterocycles. The molecule has 1 aromatic heterocycles. The first-order valence-electron chi connectivity index (χ1n) is 7.69. The molecule has 3 N–H and O–H groups in total. The first-order chi connectivity index (χ1) is 9.95. The van der Waals surface area contributed by atoms with Crippen molar-refractivity contribution in [1.82, 2.24) is 14.9 Å². The molecule has 1 aliphatic heterocycles. The van der Waals surface area contributed by atoms with Gasteiger partial charge in [0.05, 0.1) is 6.10 Å². The van der Waals surface area contributed by atoms with Crippen molar-refractivity contribution < 1.29 is 5.11 Å². The minimum atomic E-state index is -0.296. The average Bonchev–Trinajstić information content (AvgIpc) is 3.17. The summed E-state index contributed by atoms with van der Waals surface area (Å²) in [7, 11) is 4.11. The molecular formula is C15H25N5O. The lowest BCUT2D eigenvalue weighted by atomic mass is 10.2. The fourth-order valence-electron chi connectivity index (χ4n) is 3.09. The van der Waals surface area contributed by atoms with Crippen LogP contribution in [-0.4, -0.2) is 59.3 Å². The summed E-state index contributed by atoms with van der Waals surface area (Å²) in [5.74, 6) is 2.84. The lowest BCUT2D eigenvalue weighted by Crippen LogP contribution is -2.38. The Hall–Kier alpha value is -1.40. The number of β-amino-alcohol motifs (C(OH)–C–C–N with tert-alkyl or cyclic N) is 1. The third-order valence-electron chi connectivity index (χ3n) is 4.36. The number of aromatic nitrogens is 2. The maximum atomic E-state index is 10.1. The molecule has 0 amide bonds. The van der Waals surface area contributed by atoms with E-state index in [4.69, 9.17) is 10.7 Å². The molecule has 0 aromatic carbocycles. The van der Waals surface area contributed by atoms with Crippen LogP contribution >= 0.6 is 0 Å². The molecule has 0 bridgehead atoms. The van der Waals surface area contributed by atoms with Crippen LogP contribution in [0.25, 0.3) is 0 Å². The number of nitrogen functional groups attached to an aromatic ring is 1. The largest absolute Gasteiger partial charge is 0.391 e. The predicted octanol–water partition coefficient (Wildman–Crippen LogP) is 0.746. The molecule has 1 aromatic rings. The fraction of sp³-hybridized carbons (Fsp3) is 0.733. The number of rotatable bonds is 4. The second kappa shape index (κ2) is 5.42. The zero-order valence-corrected chi connectivity index (χ0v) is 13.1. The van der Waals surface area contributed by atoms with Crippen LogP contribution in [0.1, 0.15) is 36.6 Å². The Labute approximate surface area is 126 Å². The summed E-state index contributed by atoms with van der Waals surface area (Å²) in [6, 6.07) is 0.273. The van der Waals surface area contributed by atoms with Gasteiger partial charge in [-0.1, -0.05) is 0 Å². The molecule has 2 heterocycles. The van der Waals surface area contributed by atoms with Crippen molar-refractivity contribution >= 4 is 11.6 Å². The number of aliphatic hydroxyl groups excluding tert-OH is 1. The molecule has 3 rings (SSSR count). The lowest BCUT2D eigenvalue weighted by molar-refractivity contribution is 0.191. The van der Waals surface area contributed by atoms with Crippen molar-refractivity contribution in [3.8, 4) is 0 Å². The summed E-state index contributed by atoms with van der Waals surface area (Å²) in [5.41, 5.74) is 7.01. The van der Waals surface area contributed by atoms with Gasteiger partial charge in [0.2, 0.25) is 0 Å². The Morgan fingerprint density at radius 3 is 2.67 bits per heavy atom. The van der Waals surface area contributed by atoms with Crippen LogP contribution in [0.4, 0.5) is 11.6 Å². The zero-order valence-electron chi connectivity index (χ0n) is 13.1. The van der Waals surface area contributed by atoms with Crippen LogP contribution in [-0.2, 0) is 0 Å². The van der Waals surface area contributed by atoms with Crippen molar-refractivity contribution in [1.29, 1.82) is 0 Å². The minimum absolute atomic E-state index is 0.273. The third-order valence-corrected chi connectivity index (χ3v) is 4.36. The molecule has 1 aliphatic carbocycles. The van der Waals surface area contributed by atoms with Crippen molar-refractivity contribution in [2.45, 2.75) is 44.2 Å². The molecule has 0 spiro atoms. The van der Waals surface area contributed by atoms with Gasteiger partial charge in [-0.3, -0.25) is 0 Å². The van der Waals surface area contributed by atoms with E-state index in [1.165, 1.54) is 0 Å². The zero-order chi connectivity index (χ0) is 15.1. The van der Waals surface area contributed by atoms with Crippen LogP contribution in [0.5, 0.6) is 0 Å². The van der Waals surface area contributed by atoms with E-state index in [1.54, 1.807) is 0 Å². The first-order valence-corrected chi connectivity index (χ1v) is 7.69. The van der Waals surface area contributed by atoms with Crippen LogP contribution in [0, 0.1) is 6.92 Å². The highest BCUT2D eigenvalue weighted by atomic mass is 16.3. The first kappa shape index (κ1) is 14.5. The molecule has 2 unspecified atom stereocenters. The molecule has 6 nitrogen and oxygen atoms in total. The van der Waals surface area contributed by atoms with Gasteiger partial charge in [0, 0.05) is 30.6 Å². The topological polar surface area (TPSA) is 78.5 Å². The molecule has 116 valence electrons. The van der Waals surface area contributed by atoms with Crippen LogP contribution in [0.2, 0.25) is 0 Å². The van der Waals surface area contributed by atoms with Crippen molar-refractivity contribution in [3.63, 3.8) is 0 Å². The van der Waals surface area contributed by atoms with Gasteiger partial charge in [-0.2, -0.15) is 0 Å². The highest BCUT2D eigenvalue weighted by Crippen LogP contribution is 2.40. The molecule has 0 radical (unpaired) electrons. The van der Waals surface area contributed by atoms with Crippen molar-refractivity contribution in [3.05, 3.63) is 11.4 Å². The highest BCUT2D eigenvalue weighted by molar-refractivity contribution is 5.58. The summed E-state index contributed by atoms with van der Waals surface area (Å²) < 4.78 is 0. The second-order valence-electron chi connectivity index (χ2n) is 6.65. The Morgan fingerprint density at radius 2 is 2.05 bits per heavy atom.